The van der Waals surface area contributed by atoms with Crippen LogP contribution in [0.25, 0.3) is 6.08 Å². The Labute approximate surface area is 108 Å². The third-order valence-electron chi connectivity index (χ3n) is 2.16. The lowest BCUT2D eigenvalue weighted by Gasteiger charge is -2.11. The molecule has 0 aliphatic carbocycles. The molecule has 0 radical (unpaired) electrons. The maximum absolute atomic E-state index is 12.0. The van der Waals surface area contributed by atoms with Crippen molar-refractivity contribution in [2.45, 2.75) is 13.3 Å². The summed E-state index contributed by atoms with van der Waals surface area (Å²) in [6, 6.07) is 2.00. The molecule has 2 nitrogen and oxygen atoms in total. The third kappa shape index (κ3) is 2.36. The van der Waals surface area contributed by atoms with Gasteiger partial charge in [0.25, 0.3) is 5.91 Å². The van der Waals surface area contributed by atoms with E-state index in [9.17, 15) is 4.79 Å². The Balaban J connectivity index is 2.20. The van der Waals surface area contributed by atoms with Crippen molar-refractivity contribution < 1.29 is 4.79 Å². The van der Waals surface area contributed by atoms with Gasteiger partial charge in [0, 0.05) is 6.54 Å². The standard InChI is InChI=1S/C11H11NOS3/c1-2-4-12-10(13)9(16-11(12)14)6-8-3-5-15-7-8/h3,5-7H,2,4H2,1H3/b9-6+. The number of carbonyl (C=O) groups is 1. The summed E-state index contributed by atoms with van der Waals surface area (Å²) < 4.78 is 0.674. The summed E-state index contributed by atoms with van der Waals surface area (Å²) in [5, 5.41) is 4.02. The van der Waals surface area contributed by atoms with Crippen LogP contribution in [-0.4, -0.2) is 21.7 Å². The van der Waals surface area contributed by atoms with Crippen LogP contribution in [-0.2, 0) is 4.79 Å². The van der Waals surface area contributed by atoms with Crippen LogP contribution in [0.4, 0.5) is 0 Å². The van der Waals surface area contributed by atoms with Crippen LogP contribution >= 0.6 is 35.3 Å². The monoisotopic (exact) mass is 269 g/mol. The van der Waals surface area contributed by atoms with E-state index in [2.05, 4.69) is 0 Å². The van der Waals surface area contributed by atoms with Crippen LogP contribution in [0.1, 0.15) is 18.9 Å². The van der Waals surface area contributed by atoms with Crippen molar-refractivity contribution in [3.63, 3.8) is 0 Å². The molecule has 2 rings (SSSR count). The zero-order valence-electron chi connectivity index (χ0n) is 8.80. The minimum absolute atomic E-state index is 0.0445. The van der Waals surface area contributed by atoms with Gasteiger partial charge in [0.15, 0.2) is 0 Å². The van der Waals surface area contributed by atoms with Gasteiger partial charge in [-0.15, -0.1) is 0 Å². The Hall–Kier alpha value is -0.650. The topological polar surface area (TPSA) is 20.3 Å². The molecule has 1 amide bonds. The fourth-order valence-electron chi connectivity index (χ4n) is 1.42. The number of hydrogen-bond acceptors (Lipinski definition) is 4. The van der Waals surface area contributed by atoms with Crippen LogP contribution in [0.5, 0.6) is 0 Å². The van der Waals surface area contributed by atoms with Crippen LogP contribution in [0.3, 0.4) is 0 Å². The van der Waals surface area contributed by atoms with Gasteiger partial charge in [-0.2, -0.15) is 11.3 Å². The molecule has 2 heterocycles. The van der Waals surface area contributed by atoms with Gasteiger partial charge in [-0.3, -0.25) is 9.69 Å². The van der Waals surface area contributed by atoms with E-state index < -0.39 is 0 Å². The van der Waals surface area contributed by atoms with Crippen molar-refractivity contribution in [2.24, 2.45) is 0 Å². The second kappa shape index (κ2) is 5.12. The van der Waals surface area contributed by atoms with Gasteiger partial charge in [0.2, 0.25) is 0 Å². The summed E-state index contributed by atoms with van der Waals surface area (Å²) >= 11 is 8.20. The lowest BCUT2D eigenvalue weighted by molar-refractivity contribution is -0.122. The molecule has 5 heteroatoms. The number of nitrogens with zero attached hydrogens (tertiary/aromatic N) is 1. The average molecular weight is 269 g/mol. The van der Waals surface area contributed by atoms with Gasteiger partial charge < -0.3 is 0 Å². The van der Waals surface area contributed by atoms with Gasteiger partial charge in [0.05, 0.1) is 4.91 Å². The maximum atomic E-state index is 12.0. The van der Waals surface area contributed by atoms with Crippen molar-refractivity contribution in [1.29, 1.82) is 0 Å². The molecule has 0 spiro atoms. The molecule has 1 aliphatic heterocycles. The average Bonchev–Trinajstić information content (AvgIpc) is 2.84. The van der Waals surface area contributed by atoms with E-state index in [-0.39, 0.29) is 5.91 Å². The van der Waals surface area contributed by atoms with Crippen molar-refractivity contribution in [3.05, 3.63) is 27.3 Å². The zero-order chi connectivity index (χ0) is 11.5. The van der Waals surface area contributed by atoms with Crippen molar-refractivity contribution in [2.75, 3.05) is 6.54 Å². The smallest absolute Gasteiger partial charge is 0.266 e. The van der Waals surface area contributed by atoms with Crippen LogP contribution in [0.15, 0.2) is 21.7 Å². The molecule has 0 atom stereocenters. The van der Waals surface area contributed by atoms with E-state index in [1.165, 1.54) is 11.8 Å². The highest BCUT2D eigenvalue weighted by atomic mass is 32.2. The number of thioether (sulfide) groups is 1. The Bertz CT molecular complexity index is 436. The molecule has 1 fully saturated rings. The normalized spacial score (nSPS) is 18.8. The largest absolute Gasteiger partial charge is 0.293 e. The lowest BCUT2D eigenvalue weighted by Crippen LogP contribution is -2.28. The van der Waals surface area contributed by atoms with Gasteiger partial charge in [0.1, 0.15) is 4.32 Å². The molecule has 16 heavy (non-hydrogen) atoms. The molecule has 1 aliphatic rings. The molecule has 0 bridgehead atoms. The molecule has 0 N–H and O–H groups in total. The first-order valence-electron chi connectivity index (χ1n) is 5.00. The van der Waals surface area contributed by atoms with E-state index in [0.29, 0.717) is 10.9 Å². The van der Waals surface area contributed by atoms with Crippen LogP contribution < -0.4 is 0 Å². The highest BCUT2D eigenvalue weighted by molar-refractivity contribution is 8.26. The second-order valence-electron chi connectivity index (χ2n) is 3.39. The van der Waals surface area contributed by atoms with Crippen molar-refractivity contribution in [3.8, 4) is 0 Å². The van der Waals surface area contributed by atoms with E-state index >= 15 is 0 Å². The van der Waals surface area contributed by atoms with E-state index in [1.54, 1.807) is 16.2 Å². The van der Waals surface area contributed by atoms with Crippen LogP contribution in [0, 0.1) is 0 Å². The number of thiophene rings is 1. The van der Waals surface area contributed by atoms with Gasteiger partial charge >= 0.3 is 0 Å². The molecule has 1 aromatic heterocycles. The highest BCUT2D eigenvalue weighted by Gasteiger charge is 2.30. The van der Waals surface area contributed by atoms with Crippen LogP contribution in [0.2, 0.25) is 0 Å². The fourth-order valence-corrected chi connectivity index (χ4v) is 3.35. The predicted molar refractivity (Wildman–Crippen MR) is 74.5 cm³/mol. The lowest BCUT2D eigenvalue weighted by atomic mass is 10.3. The SMILES string of the molecule is CCCN1C(=O)/C(=C\c2ccsc2)SC1=S. The summed E-state index contributed by atoms with van der Waals surface area (Å²) in [5.74, 6) is 0.0445. The molecule has 0 aromatic carbocycles. The molecule has 1 aromatic rings. The number of thiocarbonyl (C=S) groups is 1. The highest BCUT2D eigenvalue weighted by Crippen LogP contribution is 2.32. The number of carbonyl (C=O) groups excluding carboxylic acids is 1. The van der Waals surface area contributed by atoms with Crippen molar-refractivity contribution in [1.82, 2.24) is 4.90 Å². The van der Waals surface area contributed by atoms with Gasteiger partial charge in [-0.25, -0.2) is 0 Å². The Kier molecular flexibility index (Phi) is 3.78. The first-order valence-corrected chi connectivity index (χ1v) is 7.16. The molecular formula is C11H11NOS3. The van der Waals surface area contributed by atoms with E-state index in [1.807, 2.05) is 29.8 Å². The Morgan fingerprint density at radius 2 is 2.38 bits per heavy atom. The summed E-state index contributed by atoms with van der Waals surface area (Å²) in [6.07, 6.45) is 2.84. The zero-order valence-corrected chi connectivity index (χ0v) is 11.3. The first-order chi connectivity index (χ1) is 7.72. The number of hydrogen-bond donors (Lipinski definition) is 0. The van der Waals surface area contributed by atoms with E-state index in [0.717, 1.165) is 16.9 Å². The third-order valence-corrected chi connectivity index (χ3v) is 4.24. The minimum Gasteiger partial charge on any atom is -0.293 e. The van der Waals surface area contributed by atoms with Gasteiger partial charge in [-0.1, -0.05) is 30.9 Å². The Morgan fingerprint density at radius 1 is 1.56 bits per heavy atom. The quantitative estimate of drug-likeness (QED) is 0.620. The predicted octanol–water partition coefficient (Wildman–Crippen LogP) is 3.36. The Morgan fingerprint density at radius 3 is 3.00 bits per heavy atom. The first kappa shape index (κ1) is 11.8. The molecule has 0 saturated carbocycles. The molecular weight excluding hydrogens is 258 g/mol. The van der Waals surface area contributed by atoms with Gasteiger partial charge in [-0.05, 0) is 34.9 Å². The number of rotatable bonds is 3. The molecule has 0 unspecified atom stereocenters. The van der Waals surface area contributed by atoms with Crippen molar-refractivity contribution >= 4 is 51.6 Å². The molecule has 84 valence electrons. The molecule has 1 saturated heterocycles. The summed E-state index contributed by atoms with van der Waals surface area (Å²) in [6.45, 7) is 2.76. The summed E-state index contributed by atoms with van der Waals surface area (Å²) in [4.78, 5) is 14.4. The maximum Gasteiger partial charge on any atom is 0.266 e. The second-order valence-corrected chi connectivity index (χ2v) is 5.85. The fraction of sp³-hybridized carbons (Fsp3) is 0.273. The number of amides is 1. The summed E-state index contributed by atoms with van der Waals surface area (Å²) in [5.41, 5.74) is 1.07. The summed E-state index contributed by atoms with van der Waals surface area (Å²) in [7, 11) is 0. The van der Waals surface area contributed by atoms with E-state index in [4.69, 9.17) is 12.2 Å². The minimum atomic E-state index is 0.0445.